The van der Waals surface area contributed by atoms with Crippen molar-refractivity contribution in [2.45, 2.75) is 19.4 Å². The van der Waals surface area contributed by atoms with Crippen molar-refractivity contribution in [3.05, 3.63) is 59.9 Å². The van der Waals surface area contributed by atoms with Gasteiger partial charge in [0.25, 0.3) is 0 Å². The molecule has 1 aromatic carbocycles. The van der Waals surface area contributed by atoms with Crippen LogP contribution in [0, 0.1) is 5.92 Å². The van der Waals surface area contributed by atoms with E-state index in [1.165, 1.54) is 5.56 Å². The maximum absolute atomic E-state index is 12.2. The van der Waals surface area contributed by atoms with E-state index in [2.05, 4.69) is 16.4 Å². The Morgan fingerprint density at radius 1 is 1.28 bits per heavy atom. The molecule has 0 saturated carbocycles. The average molecular weight is 339 g/mol. The number of amides is 1. The first-order chi connectivity index (χ1) is 12.2. The van der Waals surface area contributed by atoms with Gasteiger partial charge in [0.05, 0.1) is 13.2 Å². The number of pyridine rings is 1. The number of carbonyl (C=O) groups excluding carboxylic acids is 1. The second-order valence-corrected chi connectivity index (χ2v) is 6.65. The van der Waals surface area contributed by atoms with Crippen LogP contribution in [0.5, 0.6) is 5.75 Å². The second-order valence-electron chi connectivity index (χ2n) is 6.65. The summed E-state index contributed by atoms with van der Waals surface area (Å²) in [6.07, 6.45) is 5.45. The molecule has 5 nitrogen and oxygen atoms in total. The van der Waals surface area contributed by atoms with E-state index in [0.717, 1.165) is 30.7 Å². The zero-order valence-electron chi connectivity index (χ0n) is 14.6. The number of para-hydroxylation sites is 1. The summed E-state index contributed by atoms with van der Waals surface area (Å²) < 4.78 is 5.79. The Labute approximate surface area is 149 Å². The fourth-order valence-electron chi connectivity index (χ4n) is 3.15. The summed E-state index contributed by atoms with van der Waals surface area (Å²) in [7, 11) is 1.95. The van der Waals surface area contributed by atoms with Gasteiger partial charge in [0, 0.05) is 25.5 Å². The molecule has 132 valence electrons. The van der Waals surface area contributed by atoms with Gasteiger partial charge in [-0.25, -0.2) is 0 Å². The Balaban J connectivity index is 1.44. The van der Waals surface area contributed by atoms with E-state index >= 15 is 0 Å². The quantitative estimate of drug-likeness (QED) is 0.877. The van der Waals surface area contributed by atoms with Crippen LogP contribution in [0.1, 0.15) is 17.5 Å². The summed E-state index contributed by atoms with van der Waals surface area (Å²) in [6, 6.07) is 12.1. The first kappa shape index (κ1) is 17.4. The summed E-state index contributed by atoms with van der Waals surface area (Å²) in [5.41, 5.74) is 2.39. The standard InChI is InChI=1S/C20H25N3O2/c1-23(14-16-6-9-21-10-7-16)15-20(24)22-13-17-8-11-25-19-5-3-2-4-18(19)12-17/h2-7,9-10,17H,8,11-15H2,1H3,(H,22,24). The predicted molar refractivity (Wildman–Crippen MR) is 97.3 cm³/mol. The molecular weight excluding hydrogens is 314 g/mol. The predicted octanol–water partition coefficient (Wildman–Crippen LogP) is 2.27. The van der Waals surface area contributed by atoms with Gasteiger partial charge >= 0.3 is 0 Å². The highest BCUT2D eigenvalue weighted by Crippen LogP contribution is 2.26. The topological polar surface area (TPSA) is 54.5 Å². The molecule has 0 bridgehead atoms. The van der Waals surface area contributed by atoms with Crippen LogP contribution in [0.15, 0.2) is 48.8 Å². The molecule has 3 rings (SSSR count). The molecule has 0 spiro atoms. The van der Waals surface area contributed by atoms with Crippen molar-refractivity contribution in [2.24, 2.45) is 5.92 Å². The highest BCUT2D eigenvalue weighted by molar-refractivity contribution is 5.77. The zero-order chi connectivity index (χ0) is 17.5. The van der Waals surface area contributed by atoms with E-state index in [4.69, 9.17) is 4.74 Å². The van der Waals surface area contributed by atoms with Crippen molar-refractivity contribution in [3.63, 3.8) is 0 Å². The molecule has 0 saturated heterocycles. The number of aromatic nitrogens is 1. The first-order valence-electron chi connectivity index (χ1n) is 8.75. The number of ether oxygens (including phenoxy) is 1. The van der Waals surface area contributed by atoms with Crippen molar-refractivity contribution in [1.82, 2.24) is 15.2 Å². The van der Waals surface area contributed by atoms with Gasteiger partial charge in [-0.3, -0.25) is 14.7 Å². The van der Waals surface area contributed by atoms with Crippen LogP contribution in [-0.2, 0) is 17.8 Å². The fraction of sp³-hybridized carbons (Fsp3) is 0.400. The number of carbonyl (C=O) groups is 1. The minimum absolute atomic E-state index is 0.0648. The Hall–Kier alpha value is -2.40. The number of rotatable bonds is 6. The Morgan fingerprint density at radius 2 is 2.08 bits per heavy atom. The Kier molecular flexibility index (Phi) is 6.01. The molecular formula is C20H25N3O2. The van der Waals surface area contributed by atoms with E-state index < -0.39 is 0 Å². The summed E-state index contributed by atoms with van der Waals surface area (Å²) in [5.74, 6) is 1.46. The van der Waals surface area contributed by atoms with Gasteiger partial charge in [-0.2, -0.15) is 0 Å². The van der Waals surface area contributed by atoms with Gasteiger partial charge in [-0.05, 0) is 55.1 Å². The lowest BCUT2D eigenvalue weighted by Gasteiger charge is -2.18. The van der Waals surface area contributed by atoms with E-state index in [1.807, 2.05) is 42.3 Å². The zero-order valence-corrected chi connectivity index (χ0v) is 14.6. The van der Waals surface area contributed by atoms with Gasteiger partial charge < -0.3 is 10.1 Å². The number of hydrogen-bond acceptors (Lipinski definition) is 4. The van der Waals surface area contributed by atoms with Gasteiger partial charge in [0.15, 0.2) is 0 Å². The normalized spacial score (nSPS) is 16.6. The van der Waals surface area contributed by atoms with Crippen molar-refractivity contribution < 1.29 is 9.53 Å². The lowest BCUT2D eigenvalue weighted by molar-refractivity contribution is -0.122. The van der Waals surface area contributed by atoms with Crippen LogP contribution in [0.25, 0.3) is 0 Å². The first-order valence-corrected chi connectivity index (χ1v) is 8.75. The van der Waals surface area contributed by atoms with Crippen molar-refractivity contribution >= 4 is 5.91 Å². The molecule has 1 aromatic heterocycles. The highest BCUT2D eigenvalue weighted by atomic mass is 16.5. The van der Waals surface area contributed by atoms with Crippen LogP contribution in [-0.4, -0.2) is 42.5 Å². The summed E-state index contributed by atoms with van der Waals surface area (Å²) >= 11 is 0. The summed E-state index contributed by atoms with van der Waals surface area (Å²) in [5, 5.41) is 3.08. The molecule has 1 unspecified atom stereocenters. The van der Waals surface area contributed by atoms with Crippen LogP contribution in [0.2, 0.25) is 0 Å². The van der Waals surface area contributed by atoms with Crippen molar-refractivity contribution in [3.8, 4) is 5.75 Å². The SMILES string of the molecule is CN(CC(=O)NCC1CCOc2ccccc2C1)Cc1ccncc1. The monoisotopic (exact) mass is 339 g/mol. The van der Waals surface area contributed by atoms with E-state index in [-0.39, 0.29) is 5.91 Å². The molecule has 1 aliphatic rings. The number of likely N-dealkylation sites (N-methyl/N-ethyl adjacent to an activating group) is 1. The van der Waals surface area contributed by atoms with Gasteiger partial charge in [0.1, 0.15) is 5.75 Å². The molecule has 0 aliphatic carbocycles. The van der Waals surface area contributed by atoms with Gasteiger partial charge in [-0.1, -0.05) is 18.2 Å². The number of fused-ring (bicyclic) bond motifs is 1. The minimum Gasteiger partial charge on any atom is -0.493 e. The number of nitrogens with zero attached hydrogens (tertiary/aromatic N) is 2. The summed E-state index contributed by atoms with van der Waals surface area (Å²) in [4.78, 5) is 18.2. The largest absolute Gasteiger partial charge is 0.493 e. The third-order valence-corrected chi connectivity index (χ3v) is 4.47. The smallest absolute Gasteiger partial charge is 0.234 e. The Morgan fingerprint density at radius 3 is 2.92 bits per heavy atom. The molecule has 25 heavy (non-hydrogen) atoms. The van der Waals surface area contributed by atoms with Crippen molar-refractivity contribution in [2.75, 3.05) is 26.7 Å². The minimum atomic E-state index is 0.0648. The molecule has 2 heterocycles. The molecule has 2 aromatic rings. The number of nitrogens with one attached hydrogen (secondary N) is 1. The third-order valence-electron chi connectivity index (χ3n) is 4.47. The number of hydrogen-bond donors (Lipinski definition) is 1. The molecule has 1 atom stereocenters. The van der Waals surface area contributed by atoms with Crippen LogP contribution in [0.4, 0.5) is 0 Å². The fourth-order valence-corrected chi connectivity index (χ4v) is 3.15. The van der Waals surface area contributed by atoms with Gasteiger partial charge in [-0.15, -0.1) is 0 Å². The second kappa shape index (κ2) is 8.62. The Bertz CT molecular complexity index is 690. The molecule has 1 N–H and O–H groups in total. The maximum atomic E-state index is 12.2. The molecule has 0 radical (unpaired) electrons. The van der Waals surface area contributed by atoms with E-state index in [1.54, 1.807) is 12.4 Å². The van der Waals surface area contributed by atoms with E-state index in [9.17, 15) is 4.79 Å². The van der Waals surface area contributed by atoms with Crippen LogP contribution in [0.3, 0.4) is 0 Å². The lowest BCUT2D eigenvalue weighted by atomic mass is 9.97. The van der Waals surface area contributed by atoms with Crippen LogP contribution < -0.4 is 10.1 Å². The third kappa shape index (κ3) is 5.29. The van der Waals surface area contributed by atoms with Crippen LogP contribution >= 0.6 is 0 Å². The molecule has 0 fully saturated rings. The van der Waals surface area contributed by atoms with Gasteiger partial charge in [0.2, 0.25) is 5.91 Å². The number of benzene rings is 1. The molecule has 1 aliphatic heterocycles. The van der Waals surface area contributed by atoms with Crippen molar-refractivity contribution in [1.29, 1.82) is 0 Å². The van der Waals surface area contributed by atoms with E-state index in [0.29, 0.717) is 25.6 Å². The molecule has 1 amide bonds. The highest BCUT2D eigenvalue weighted by Gasteiger charge is 2.18. The average Bonchev–Trinajstić information content (AvgIpc) is 2.82. The summed E-state index contributed by atoms with van der Waals surface area (Å²) in [6.45, 7) is 2.53. The maximum Gasteiger partial charge on any atom is 0.234 e. The lowest BCUT2D eigenvalue weighted by Crippen LogP contribution is -2.37. The molecule has 5 heteroatoms.